The highest BCUT2D eigenvalue weighted by Crippen LogP contribution is 2.43. The molecular weight excluding hydrogens is 156 g/mol. The van der Waals surface area contributed by atoms with Crippen molar-refractivity contribution in [2.75, 3.05) is 0 Å². The first kappa shape index (κ1) is 6.90. The highest BCUT2D eigenvalue weighted by molar-refractivity contribution is 5.95. The molecule has 0 heteroatoms. The van der Waals surface area contributed by atoms with E-state index in [1.54, 1.807) is 0 Å². The molecule has 2 aliphatic carbocycles. The van der Waals surface area contributed by atoms with Crippen LogP contribution in [0.4, 0.5) is 0 Å². The molecule has 1 aromatic carbocycles. The molecule has 0 N–H and O–H groups in total. The smallest absolute Gasteiger partial charge is 0.00990 e. The lowest BCUT2D eigenvalue weighted by molar-refractivity contribution is 1.47. The highest BCUT2D eigenvalue weighted by Gasteiger charge is 2.17. The molecule has 0 fully saturated rings. The number of hydrogen-bond donors (Lipinski definition) is 0. The Hall–Kier alpha value is -1.56. The molecule has 0 atom stereocenters. The number of aryl methyl sites for hydroxylation is 1. The molecule has 0 bridgehead atoms. The lowest BCUT2D eigenvalue weighted by Gasteiger charge is -1.98. The van der Waals surface area contributed by atoms with E-state index < -0.39 is 0 Å². The van der Waals surface area contributed by atoms with E-state index >= 15 is 0 Å². The van der Waals surface area contributed by atoms with Crippen molar-refractivity contribution in [2.24, 2.45) is 0 Å². The zero-order valence-electron chi connectivity index (χ0n) is 7.54. The minimum absolute atomic E-state index is 1.32. The fourth-order valence-corrected chi connectivity index (χ4v) is 1.74. The van der Waals surface area contributed by atoms with Crippen molar-refractivity contribution >= 4 is 0 Å². The lowest BCUT2D eigenvalue weighted by Crippen LogP contribution is -1.74. The first-order chi connectivity index (χ1) is 6.34. The van der Waals surface area contributed by atoms with E-state index in [0.717, 1.165) is 0 Å². The SMILES string of the molecule is Cc1ccc(-c2ccc3cc2-3)cc1. The third-order valence-electron chi connectivity index (χ3n) is 2.61. The monoisotopic (exact) mass is 166 g/mol. The summed E-state index contributed by atoms with van der Waals surface area (Å²) < 4.78 is 0. The van der Waals surface area contributed by atoms with Crippen LogP contribution in [0.25, 0.3) is 22.3 Å². The van der Waals surface area contributed by atoms with Gasteiger partial charge in [0.1, 0.15) is 0 Å². The Kier molecular flexibility index (Phi) is 1.18. The van der Waals surface area contributed by atoms with E-state index in [1.165, 1.54) is 27.8 Å². The van der Waals surface area contributed by atoms with Gasteiger partial charge in [-0.3, -0.25) is 0 Å². The first-order valence-corrected chi connectivity index (χ1v) is 4.56. The second kappa shape index (κ2) is 2.23. The summed E-state index contributed by atoms with van der Waals surface area (Å²) >= 11 is 0. The molecule has 0 radical (unpaired) electrons. The van der Waals surface area contributed by atoms with Gasteiger partial charge in [0.05, 0.1) is 0 Å². The molecule has 0 amide bonds. The predicted octanol–water partition coefficient (Wildman–Crippen LogP) is 3.64. The van der Waals surface area contributed by atoms with Gasteiger partial charge in [-0.2, -0.15) is 0 Å². The summed E-state index contributed by atoms with van der Waals surface area (Å²) in [6.45, 7) is 2.12. The van der Waals surface area contributed by atoms with Crippen molar-refractivity contribution in [1.82, 2.24) is 0 Å². The number of hydrogen-bond acceptors (Lipinski definition) is 0. The van der Waals surface area contributed by atoms with Crippen molar-refractivity contribution in [1.29, 1.82) is 0 Å². The molecule has 0 unspecified atom stereocenters. The van der Waals surface area contributed by atoms with Gasteiger partial charge in [0, 0.05) is 0 Å². The first-order valence-electron chi connectivity index (χ1n) is 4.56. The molecule has 13 heavy (non-hydrogen) atoms. The van der Waals surface area contributed by atoms with Crippen LogP contribution in [0.15, 0.2) is 42.5 Å². The van der Waals surface area contributed by atoms with Crippen LogP contribution in [-0.4, -0.2) is 0 Å². The van der Waals surface area contributed by atoms with Crippen molar-refractivity contribution < 1.29 is 0 Å². The molecule has 0 nitrogen and oxygen atoms in total. The van der Waals surface area contributed by atoms with Crippen molar-refractivity contribution in [3.63, 3.8) is 0 Å². The minimum Gasteiger partial charge on any atom is -0.0587 e. The molecule has 1 aromatic rings. The molecule has 0 spiro atoms. The average Bonchev–Trinajstić information content (AvgIpc) is 2.81. The third-order valence-corrected chi connectivity index (χ3v) is 2.61. The van der Waals surface area contributed by atoms with Crippen molar-refractivity contribution in [2.45, 2.75) is 6.92 Å². The fourth-order valence-electron chi connectivity index (χ4n) is 1.74. The molecule has 0 saturated carbocycles. The van der Waals surface area contributed by atoms with Crippen LogP contribution in [-0.2, 0) is 0 Å². The second-order valence-corrected chi connectivity index (χ2v) is 3.63. The van der Waals surface area contributed by atoms with E-state index in [2.05, 4.69) is 49.4 Å². The maximum Gasteiger partial charge on any atom is -0.00990 e. The quantitative estimate of drug-likeness (QED) is 0.517. The maximum atomic E-state index is 2.23. The molecule has 2 aliphatic rings. The van der Waals surface area contributed by atoms with Crippen LogP contribution in [0.1, 0.15) is 5.56 Å². The Labute approximate surface area is 77.8 Å². The number of rotatable bonds is 1. The number of benzene rings is 2. The van der Waals surface area contributed by atoms with Crippen LogP contribution in [0.5, 0.6) is 0 Å². The largest absolute Gasteiger partial charge is 0.0587 e. The molecule has 0 saturated heterocycles. The molecule has 0 heterocycles. The topological polar surface area (TPSA) is 0 Å². The van der Waals surface area contributed by atoms with Crippen LogP contribution in [0.2, 0.25) is 0 Å². The molecular formula is C13H10. The van der Waals surface area contributed by atoms with Crippen LogP contribution in [0, 0.1) is 6.92 Å². The molecule has 3 rings (SSSR count). The molecule has 62 valence electrons. The summed E-state index contributed by atoms with van der Waals surface area (Å²) in [5.41, 5.74) is 6.88. The predicted molar refractivity (Wildman–Crippen MR) is 55.6 cm³/mol. The highest BCUT2D eigenvalue weighted by atomic mass is 14.2. The average molecular weight is 166 g/mol. The van der Waals surface area contributed by atoms with Gasteiger partial charge in [-0.15, -0.1) is 0 Å². The molecule has 0 aromatic heterocycles. The second-order valence-electron chi connectivity index (χ2n) is 3.63. The maximum absolute atomic E-state index is 2.23. The Bertz CT molecular complexity index is 464. The van der Waals surface area contributed by atoms with Crippen LogP contribution >= 0.6 is 0 Å². The van der Waals surface area contributed by atoms with Gasteiger partial charge in [-0.25, -0.2) is 0 Å². The minimum atomic E-state index is 1.32. The van der Waals surface area contributed by atoms with E-state index in [0.29, 0.717) is 0 Å². The van der Waals surface area contributed by atoms with Crippen molar-refractivity contribution in [3.05, 3.63) is 48.0 Å². The van der Waals surface area contributed by atoms with E-state index in [4.69, 9.17) is 0 Å². The summed E-state index contributed by atoms with van der Waals surface area (Å²) in [6.07, 6.45) is 0. The Balaban J connectivity index is 2.11. The summed E-state index contributed by atoms with van der Waals surface area (Å²) in [4.78, 5) is 0. The standard InChI is InChI=1S/C13H10/c1-9-2-4-10(5-3-9)12-7-6-11-8-13(11)12/h2-8H,1H3. The van der Waals surface area contributed by atoms with Crippen molar-refractivity contribution in [3.8, 4) is 22.3 Å². The normalized spacial score (nSPS) is 11.5. The summed E-state index contributed by atoms with van der Waals surface area (Å²) in [6, 6.07) is 15.3. The lowest BCUT2D eigenvalue weighted by atomic mass is 10.1. The van der Waals surface area contributed by atoms with Gasteiger partial charge < -0.3 is 0 Å². The van der Waals surface area contributed by atoms with E-state index in [-0.39, 0.29) is 0 Å². The third kappa shape index (κ3) is 0.988. The Morgan fingerprint density at radius 2 is 1.38 bits per heavy atom. The van der Waals surface area contributed by atoms with E-state index in [9.17, 15) is 0 Å². The molecule has 0 aliphatic heterocycles. The van der Waals surface area contributed by atoms with Gasteiger partial charge in [-0.1, -0.05) is 42.0 Å². The van der Waals surface area contributed by atoms with E-state index in [1.807, 2.05) is 0 Å². The fraction of sp³-hybridized carbons (Fsp3) is 0.0769. The van der Waals surface area contributed by atoms with Gasteiger partial charge in [0.25, 0.3) is 0 Å². The summed E-state index contributed by atoms with van der Waals surface area (Å²) in [5, 5.41) is 0. The van der Waals surface area contributed by atoms with Gasteiger partial charge in [0.15, 0.2) is 0 Å². The Morgan fingerprint density at radius 1 is 0.692 bits per heavy atom. The Morgan fingerprint density at radius 3 is 1.92 bits per heavy atom. The summed E-state index contributed by atoms with van der Waals surface area (Å²) in [5.74, 6) is 0. The summed E-state index contributed by atoms with van der Waals surface area (Å²) in [7, 11) is 0. The zero-order valence-corrected chi connectivity index (χ0v) is 7.54. The van der Waals surface area contributed by atoms with Gasteiger partial charge in [-0.05, 0) is 35.2 Å². The number of fused-ring (bicyclic) bond motifs is 1. The van der Waals surface area contributed by atoms with Gasteiger partial charge >= 0.3 is 0 Å². The van der Waals surface area contributed by atoms with Crippen LogP contribution in [0.3, 0.4) is 0 Å². The van der Waals surface area contributed by atoms with Gasteiger partial charge in [0.2, 0.25) is 0 Å². The van der Waals surface area contributed by atoms with Crippen LogP contribution < -0.4 is 0 Å². The zero-order chi connectivity index (χ0) is 8.84.